The molecule has 1 atom stereocenters. The second-order valence-corrected chi connectivity index (χ2v) is 6.88. The minimum absolute atomic E-state index is 0.0733. The number of cyclic esters (lactones) is 1. The molecule has 2 N–H and O–H groups in total. The smallest absolute Gasteiger partial charge is 0.414 e. The van der Waals surface area contributed by atoms with Crippen LogP contribution in [0.4, 0.5) is 20.6 Å². The van der Waals surface area contributed by atoms with Gasteiger partial charge < -0.3 is 19.6 Å². The maximum Gasteiger partial charge on any atom is 0.414 e. The highest BCUT2D eigenvalue weighted by atomic mass is 19.1. The quantitative estimate of drug-likeness (QED) is 0.520. The Morgan fingerprint density at radius 2 is 1.97 bits per heavy atom. The molecule has 3 amide bonds. The summed E-state index contributed by atoms with van der Waals surface area (Å²) in [5.41, 5.74) is 0.659. The number of carbonyl (C=O) groups excluding carboxylic acids is 3. The number of amides is 3. The highest BCUT2D eigenvalue weighted by Crippen LogP contribution is 2.28. The van der Waals surface area contributed by atoms with Crippen LogP contribution >= 0.6 is 0 Å². The fourth-order valence-corrected chi connectivity index (χ4v) is 3.37. The molecule has 2 heterocycles. The highest BCUT2D eigenvalue weighted by Gasteiger charge is 2.34. The van der Waals surface area contributed by atoms with Crippen molar-refractivity contribution in [3.05, 3.63) is 24.0 Å². The Morgan fingerprint density at radius 1 is 1.28 bits per heavy atom. The van der Waals surface area contributed by atoms with Gasteiger partial charge in [-0.25, -0.2) is 14.2 Å². The summed E-state index contributed by atoms with van der Waals surface area (Å²) in [7, 11) is 0. The van der Waals surface area contributed by atoms with Crippen molar-refractivity contribution in [2.75, 3.05) is 55.7 Å². The van der Waals surface area contributed by atoms with Crippen LogP contribution < -0.4 is 9.80 Å². The first kappa shape index (κ1) is 20.8. The molecular weight excluding hydrogens is 387 g/mol. The Balaban J connectivity index is 1.65. The van der Waals surface area contributed by atoms with E-state index in [4.69, 9.17) is 9.84 Å². The number of rotatable bonds is 5. The molecule has 2 aliphatic heterocycles. The number of anilines is 2. The third-order valence-corrected chi connectivity index (χ3v) is 4.97. The maximum absolute atomic E-state index is 14.7. The molecule has 3 rings (SSSR count). The molecule has 0 aromatic heterocycles. The van der Waals surface area contributed by atoms with Crippen LogP contribution in [0.5, 0.6) is 0 Å². The monoisotopic (exact) mass is 410 g/mol. The molecule has 2 saturated heterocycles. The number of aliphatic hydroxyl groups is 1. The lowest BCUT2D eigenvalue weighted by Crippen LogP contribution is -2.49. The minimum Gasteiger partial charge on any atom is -0.442 e. The molecule has 0 radical (unpaired) electrons. The van der Waals surface area contributed by atoms with E-state index in [1.165, 1.54) is 22.8 Å². The minimum atomic E-state index is -0.726. The molecule has 0 spiro atoms. The molecular formula is C18H23FN4O6. The summed E-state index contributed by atoms with van der Waals surface area (Å²) >= 11 is 0. The molecule has 2 fully saturated rings. The fourth-order valence-electron chi connectivity index (χ4n) is 3.37. The predicted octanol–water partition coefficient (Wildman–Crippen LogP) is 0.0295. The topological polar surface area (TPSA) is 114 Å². The lowest BCUT2D eigenvalue weighted by molar-refractivity contribution is -0.166. The van der Waals surface area contributed by atoms with E-state index in [9.17, 15) is 24.0 Å². The van der Waals surface area contributed by atoms with Crippen molar-refractivity contribution in [2.24, 2.45) is 0 Å². The van der Waals surface area contributed by atoms with Gasteiger partial charge in [-0.05, 0) is 18.2 Å². The van der Waals surface area contributed by atoms with Crippen molar-refractivity contribution in [1.82, 2.24) is 9.96 Å². The van der Waals surface area contributed by atoms with Gasteiger partial charge in [-0.3, -0.25) is 19.7 Å². The van der Waals surface area contributed by atoms with Gasteiger partial charge in [-0.15, -0.1) is 0 Å². The van der Waals surface area contributed by atoms with E-state index in [1.807, 2.05) is 0 Å². The van der Waals surface area contributed by atoms with Crippen LogP contribution in [0.1, 0.15) is 6.92 Å². The first-order valence-corrected chi connectivity index (χ1v) is 9.18. The van der Waals surface area contributed by atoms with E-state index in [0.29, 0.717) is 42.6 Å². The third kappa shape index (κ3) is 4.57. The summed E-state index contributed by atoms with van der Waals surface area (Å²) in [6.07, 6.45) is -1.41. The summed E-state index contributed by atoms with van der Waals surface area (Å²) < 4.78 is 19.8. The van der Waals surface area contributed by atoms with Crippen molar-refractivity contribution in [3.8, 4) is 0 Å². The summed E-state index contributed by atoms with van der Waals surface area (Å²) in [5, 5.41) is 18.9. The number of nitrogens with zero attached hydrogens (tertiary/aromatic N) is 4. The van der Waals surface area contributed by atoms with Crippen LogP contribution in [0.3, 0.4) is 0 Å². The third-order valence-electron chi connectivity index (χ3n) is 4.97. The van der Waals surface area contributed by atoms with Gasteiger partial charge in [-0.1, -0.05) is 0 Å². The molecule has 10 nitrogen and oxygen atoms in total. The highest BCUT2D eigenvalue weighted by molar-refractivity contribution is 5.90. The van der Waals surface area contributed by atoms with Crippen LogP contribution in [0, 0.1) is 5.82 Å². The van der Waals surface area contributed by atoms with Crippen molar-refractivity contribution < 1.29 is 33.8 Å². The predicted molar refractivity (Wildman–Crippen MR) is 99.1 cm³/mol. The summed E-state index contributed by atoms with van der Waals surface area (Å²) in [6.45, 7) is 2.15. The first-order chi connectivity index (χ1) is 13.8. The average Bonchev–Trinajstić information content (AvgIpc) is 3.07. The van der Waals surface area contributed by atoms with Gasteiger partial charge in [0.15, 0.2) is 0 Å². The molecule has 1 aromatic rings. The Morgan fingerprint density at radius 3 is 2.55 bits per heavy atom. The summed E-state index contributed by atoms with van der Waals surface area (Å²) in [5.74, 6) is -1.45. The fraction of sp³-hybridized carbons (Fsp3) is 0.500. The van der Waals surface area contributed by atoms with Gasteiger partial charge in [0, 0.05) is 33.1 Å². The van der Waals surface area contributed by atoms with Crippen LogP contribution in [0.2, 0.25) is 0 Å². The Bertz CT molecular complexity index is 799. The van der Waals surface area contributed by atoms with E-state index in [1.54, 1.807) is 17.0 Å². The zero-order chi connectivity index (χ0) is 21.1. The number of halogens is 1. The number of ether oxygens (including phenoxy) is 1. The van der Waals surface area contributed by atoms with Crippen LogP contribution in [-0.2, 0) is 14.3 Å². The summed E-state index contributed by atoms with van der Waals surface area (Å²) in [4.78, 5) is 39.3. The number of piperazine rings is 1. The van der Waals surface area contributed by atoms with E-state index < -0.39 is 30.5 Å². The van der Waals surface area contributed by atoms with E-state index in [0.717, 1.165) is 0 Å². The second kappa shape index (κ2) is 8.62. The van der Waals surface area contributed by atoms with E-state index >= 15 is 0 Å². The molecule has 0 saturated carbocycles. The number of benzene rings is 1. The van der Waals surface area contributed by atoms with Gasteiger partial charge in [0.25, 0.3) is 0 Å². The average molecular weight is 410 g/mol. The van der Waals surface area contributed by atoms with Crippen molar-refractivity contribution in [2.45, 2.75) is 13.0 Å². The zero-order valence-corrected chi connectivity index (χ0v) is 16.0. The van der Waals surface area contributed by atoms with Crippen molar-refractivity contribution in [1.29, 1.82) is 0 Å². The standard InChI is InChI=1S/C18H23FN4O6/c1-12(25)23(28)10-14-9-22(18(27)29-14)13-2-3-16(15(19)8-13)20-4-6-21(7-5-20)17(26)11-24/h2-3,8,14,24,28H,4-7,9-11H2,1H3/t14-/m0/s1. The van der Waals surface area contributed by atoms with Crippen molar-refractivity contribution in [3.63, 3.8) is 0 Å². The number of aliphatic hydroxyl groups excluding tert-OH is 1. The zero-order valence-electron chi connectivity index (χ0n) is 16.0. The van der Waals surface area contributed by atoms with Crippen LogP contribution in [0.25, 0.3) is 0 Å². The lowest BCUT2D eigenvalue weighted by atomic mass is 10.2. The second-order valence-electron chi connectivity index (χ2n) is 6.88. The van der Waals surface area contributed by atoms with Gasteiger partial charge in [-0.2, -0.15) is 0 Å². The number of carbonyl (C=O) groups is 3. The van der Waals surface area contributed by atoms with Crippen molar-refractivity contribution >= 4 is 29.3 Å². The maximum atomic E-state index is 14.7. The van der Waals surface area contributed by atoms with E-state index in [-0.39, 0.29) is 19.0 Å². The van der Waals surface area contributed by atoms with Gasteiger partial charge in [0.2, 0.25) is 11.8 Å². The number of hydroxylamine groups is 2. The van der Waals surface area contributed by atoms with E-state index in [2.05, 4.69) is 0 Å². The first-order valence-electron chi connectivity index (χ1n) is 9.18. The Labute approximate surface area is 166 Å². The SMILES string of the molecule is CC(=O)N(O)C[C@@H]1CN(c2ccc(N3CCN(C(=O)CO)CC3)c(F)c2)C(=O)O1. The normalized spacial score (nSPS) is 19.4. The Hall–Kier alpha value is -2.92. The van der Waals surface area contributed by atoms with Gasteiger partial charge >= 0.3 is 6.09 Å². The largest absolute Gasteiger partial charge is 0.442 e. The van der Waals surface area contributed by atoms with Crippen LogP contribution in [0.15, 0.2) is 18.2 Å². The Kier molecular flexibility index (Phi) is 6.18. The molecule has 2 aliphatic rings. The lowest BCUT2D eigenvalue weighted by Gasteiger charge is -2.36. The molecule has 0 aliphatic carbocycles. The van der Waals surface area contributed by atoms with Gasteiger partial charge in [0.1, 0.15) is 18.5 Å². The summed E-state index contributed by atoms with van der Waals surface area (Å²) in [6, 6.07) is 4.38. The van der Waals surface area contributed by atoms with Gasteiger partial charge in [0.05, 0.1) is 24.5 Å². The number of hydrogen-bond acceptors (Lipinski definition) is 7. The molecule has 158 valence electrons. The van der Waals surface area contributed by atoms with Crippen LogP contribution in [-0.4, -0.2) is 90.2 Å². The molecule has 0 unspecified atom stereocenters. The molecule has 29 heavy (non-hydrogen) atoms. The molecule has 1 aromatic carbocycles. The molecule has 0 bridgehead atoms. The molecule has 11 heteroatoms. The number of hydrogen-bond donors (Lipinski definition) is 2.